The summed E-state index contributed by atoms with van der Waals surface area (Å²) in [5, 5.41) is 12.6. The van der Waals surface area contributed by atoms with Crippen LogP contribution in [0.1, 0.15) is 53.2 Å². The monoisotopic (exact) mass is 281 g/mol. The summed E-state index contributed by atoms with van der Waals surface area (Å²) >= 11 is 1.37. The molecule has 0 spiro atoms. The molecule has 1 heterocycles. The van der Waals surface area contributed by atoms with Gasteiger partial charge < -0.3 is 10.4 Å². The minimum absolute atomic E-state index is 0.445. The molecule has 1 fully saturated rings. The Bertz CT molecular complexity index is 455. The lowest BCUT2D eigenvalue weighted by molar-refractivity contribution is 0.0702. The van der Waals surface area contributed by atoms with E-state index in [0.29, 0.717) is 10.9 Å². The third-order valence-electron chi connectivity index (χ3n) is 4.54. The van der Waals surface area contributed by atoms with Crippen molar-refractivity contribution in [3.63, 3.8) is 0 Å². The third kappa shape index (κ3) is 3.18. The van der Waals surface area contributed by atoms with E-state index in [1.54, 1.807) is 0 Å². The van der Waals surface area contributed by atoms with Gasteiger partial charge in [0.2, 0.25) is 0 Å². The van der Waals surface area contributed by atoms with Crippen LogP contribution in [0.4, 0.5) is 0 Å². The van der Waals surface area contributed by atoms with Crippen molar-refractivity contribution < 1.29 is 9.90 Å². The molecule has 0 aliphatic heterocycles. The molecular formula is C15H23NO2S. The standard InChI is InChI=1S/C15H23NO2S/c1-4-11-5-6-13(9(11)2)16-8-12-7-14(15(17)18)19-10(12)3/h7,9,11,13,16H,4-6,8H2,1-3H3,(H,17,18). The number of thiophene rings is 1. The topological polar surface area (TPSA) is 49.3 Å². The Labute approximate surface area is 119 Å². The van der Waals surface area contributed by atoms with E-state index in [4.69, 9.17) is 5.11 Å². The fourth-order valence-electron chi connectivity index (χ4n) is 3.15. The van der Waals surface area contributed by atoms with Crippen LogP contribution in [-0.2, 0) is 6.54 Å². The van der Waals surface area contributed by atoms with E-state index in [1.165, 1.54) is 30.6 Å². The van der Waals surface area contributed by atoms with Crippen molar-refractivity contribution in [3.05, 3.63) is 21.4 Å². The molecule has 2 rings (SSSR count). The van der Waals surface area contributed by atoms with Gasteiger partial charge in [0.15, 0.2) is 0 Å². The number of aromatic carboxylic acids is 1. The van der Waals surface area contributed by atoms with Gasteiger partial charge in [-0.3, -0.25) is 0 Å². The fourth-order valence-corrected chi connectivity index (χ4v) is 4.03. The first kappa shape index (κ1) is 14.5. The predicted octanol–water partition coefficient (Wildman–Crippen LogP) is 3.67. The fraction of sp³-hybridized carbons (Fsp3) is 0.667. The Hall–Kier alpha value is -0.870. The van der Waals surface area contributed by atoms with Crippen LogP contribution in [0.2, 0.25) is 0 Å². The summed E-state index contributed by atoms with van der Waals surface area (Å²) in [6, 6.07) is 2.39. The highest BCUT2D eigenvalue weighted by Gasteiger charge is 2.31. The highest BCUT2D eigenvalue weighted by Crippen LogP contribution is 2.34. The van der Waals surface area contributed by atoms with E-state index >= 15 is 0 Å². The summed E-state index contributed by atoms with van der Waals surface area (Å²) in [6.45, 7) is 7.40. The van der Waals surface area contributed by atoms with E-state index in [1.807, 2.05) is 13.0 Å². The Morgan fingerprint density at radius 3 is 2.79 bits per heavy atom. The van der Waals surface area contributed by atoms with Crippen molar-refractivity contribution in [1.82, 2.24) is 5.32 Å². The van der Waals surface area contributed by atoms with Gasteiger partial charge in [0.25, 0.3) is 0 Å². The molecule has 3 atom stereocenters. The van der Waals surface area contributed by atoms with E-state index in [-0.39, 0.29) is 0 Å². The first-order valence-corrected chi connectivity index (χ1v) is 7.90. The second-order valence-electron chi connectivity index (χ2n) is 5.59. The van der Waals surface area contributed by atoms with Gasteiger partial charge >= 0.3 is 5.97 Å². The van der Waals surface area contributed by atoms with Crippen LogP contribution in [0.25, 0.3) is 0 Å². The molecular weight excluding hydrogens is 258 g/mol. The zero-order valence-electron chi connectivity index (χ0n) is 11.9. The first-order valence-electron chi connectivity index (χ1n) is 7.08. The van der Waals surface area contributed by atoms with Crippen LogP contribution in [-0.4, -0.2) is 17.1 Å². The number of hydrogen-bond donors (Lipinski definition) is 2. The number of hydrogen-bond acceptors (Lipinski definition) is 3. The Balaban J connectivity index is 1.94. The maximum Gasteiger partial charge on any atom is 0.345 e. The smallest absolute Gasteiger partial charge is 0.345 e. The maximum atomic E-state index is 11.0. The summed E-state index contributed by atoms with van der Waals surface area (Å²) in [5.41, 5.74) is 1.13. The van der Waals surface area contributed by atoms with E-state index in [2.05, 4.69) is 19.2 Å². The number of nitrogens with one attached hydrogen (secondary N) is 1. The SMILES string of the molecule is CCC1CCC(NCc2cc(C(=O)O)sc2C)C1C. The minimum Gasteiger partial charge on any atom is -0.477 e. The van der Waals surface area contributed by atoms with Crippen LogP contribution in [0.3, 0.4) is 0 Å². The molecule has 19 heavy (non-hydrogen) atoms. The van der Waals surface area contributed by atoms with Gasteiger partial charge in [-0.2, -0.15) is 0 Å². The highest BCUT2D eigenvalue weighted by atomic mass is 32.1. The number of aryl methyl sites for hydroxylation is 1. The van der Waals surface area contributed by atoms with Crippen LogP contribution >= 0.6 is 11.3 Å². The predicted molar refractivity (Wildman–Crippen MR) is 78.8 cm³/mol. The average Bonchev–Trinajstić information content (AvgIpc) is 2.91. The van der Waals surface area contributed by atoms with E-state index < -0.39 is 5.97 Å². The number of carboxylic acids is 1. The Kier molecular flexibility index (Phi) is 4.63. The van der Waals surface area contributed by atoms with Crippen molar-refractivity contribution in [2.24, 2.45) is 11.8 Å². The van der Waals surface area contributed by atoms with Gasteiger partial charge in [0.1, 0.15) is 4.88 Å². The molecule has 0 amide bonds. The van der Waals surface area contributed by atoms with E-state index in [0.717, 1.165) is 28.8 Å². The molecule has 1 aliphatic rings. The van der Waals surface area contributed by atoms with Crippen LogP contribution in [0, 0.1) is 18.8 Å². The second-order valence-corrected chi connectivity index (χ2v) is 6.85. The lowest BCUT2D eigenvalue weighted by Gasteiger charge is -2.21. The van der Waals surface area contributed by atoms with Gasteiger partial charge in [0, 0.05) is 17.5 Å². The van der Waals surface area contributed by atoms with Crippen LogP contribution in [0.5, 0.6) is 0 Å². The Morgan fingerprint density at radius 2 is 2.26 bits per heavy atom. The maximum absolute atomic E-state index is 11.0. The first-order chi connectivity index (χ1) is 9.02. The molecule has 1 saturated carbocycles. The van der Waals surface area contributed by atoms with Gasteiger partial charge in [-0.05, 0) is 43.2 Å². The average molecular weight is 281 g/mol. The van der Waals surface area contributed by atoms with Gasteiger partial charge in [-0.1, -0.05) is 20.3 Å². The number of rotatable bonds is 5. The zero-order valence-corrected chi connectivity index (χ0v) is 12.7. The Morgan fingerprint density at radius 1 is 1.53 bits per heavy atom. The van der Waals surface area contributed by atoms with Gasteiger partial charge in [-0.25, -0.2) is 4.79 Å². The molecule has 0 radical (unpaired) electrons. The zero-order chi connectivity index (χ0) is 14.0. The summed E-state index contributed by atoms with van der Waals surface area (Å²) in [4.78, 5) is 12.5. The molecule has 106 valence electrons. The quantitative estimate of drug-likeness (QED) is 0.865. The number of carbonyl (C=O) groups is 1. The van der Waals surface area contributed by atoms with Crippen LogP contribution < -0.4 is 5.32 Å². The molecule has 1 aromatic rings. The molecule has 4 heteroatoms. The molecule has 3 unspecified atom stereocenters. The largest absolute Gasteiger partial charge is 0.477 e. The summed E-state index contributed by atoms with van der Waals surface area (Å²) in [7, 11) is 0. The normalized spacial score (nSPS) is 26.8. The summed E-state index contributed by atoms with van der Waals surface area (Å²) in [6.07, 6.45) is 3.83. The van der Waals surface area contributed by atoms with Gasteiger partial charge in [0.05, 0.1) is 0 Å². The minimum atomic E-state index is -0.820. The van der Waals surface area contributed by atoms with Crippen molar-refractivity contribution in [2.75, 3.05) is 0 Å². The van der Waals surface area contributed by atoms with Crippen molar-refractivity contribution in [1.29, 1.82) is 0 Å². The van der Waals surface area contributed by atoms with Crippen LogP contribution in [0.15, 0.2) is 6.07 Å². The molecule has 1 aromatic heterocycles. The molecule has 2 N–H and O–H groups in total. The number of carboxylic acid groups (broad SMARTS) is 1. The third-order valence-corrected chi connectivity index (χ3v) is 5.62. The molecule has 0 aromatic carbocycles. The lowest BCUT2D eigenvalue weighted by atomic mass is 9.93. The van der Waals surface area contributed by atoms with Gasteiger partial charge in [-0.15, -0.1) is 11.3 Å². The second kappa shape index (κ2) is 6.06. The molecule has 3 nitrogen and oxygen atoms in total. The lowest BCUT2D eigenvalue weighted by Crippen LogP contribution is -2.32. The van der Waals surface area contributed by atoms with Crippen molar-refractivity contribution >= 4 is 17.3 Å². The summed E-state index contributed by atoms with van der Waals surface area (Å²) < 4.78 is 0. The highest BCUT2D eigenvalue weighted by molar-refractivity contribution is 7.14. The molecule has 1 aliphatic carbocycles. The van der Waals surface area contributed by atoms with Crippen molar-refractivity contribution in [2.45, 2.75) is 52.6 Å². The molecule has 0 bridgehead atoms. The molecule has 0 saturated heterocycles. The summed E-state index contributed by atoms with van der Waals surface area (Å²) in [5.74, 6) is 0.748. The van der Waals surface area contributed by atoms with E-state index in [9.17, 15) is 4.79 Å². The van der Waals surface area contributed by atoms with Crippen molar-refractivity contribution in [3.8, 4) is 0 Å².